The molecule has 0 amide bonds. The van der Waals surface area contributed by atoms with E-state index in [4.69, 9.17) is 4.42 Å². The standard InChI is InChI=1S/C15H19N3O3/c1-10(2)16-7-6-15-17-9-14(21-15)12-4-5-13(18(19)20)11(3)8-12/h4-5,8-10,16H,6-7H2,1-3H3. The molecule has 112 valence electrons. The zero-order valence-electron chi connectivity index (χ0n) is 12.4. The number of nitro benzene ring substituents is 1. The van der Waals surface area contributed by atoms with Crippen molar-refractivity contribution in [2.45, 2.75) is 33.2 Å². The van der Waals surface area contributed by atoms with Crippen molar-refractivity contribution in [3.8, 4) is 11.3 Å². The molecule has 2 rings (SSSR count). The highest BCUT2D eigenvalue weighted by Crippen LogP contribution is 2.26. The van der Waals surface area contributed by atoms with Crippen LogP contribution >= 0.6 is 0 Å². The predicted octanol–water partition coefficient (Wildman–Crippen LogP) is 3.10. The Labute approximate surface area is 123 Å². The number of nitro groups is 1. The lowest BCUT2D eigenvalue weighted by molar-refractivity contribution is -0.385. The van der Waals surface area contributed by atoms with Gasteiger partial charge in [-0.25, -0.2) is 4.98 Å². The minimum absolute atomic E-state index is 0.111. The second-order valence-corrected chi connectivity index (χ2v) is 5.24. The smallest absolute Gasteiger partial charge is 0.272 e. The first-order valence-corrected chi connectivity index (χ1v) is 6.91. The Morgan fingerprint density at radius 3 is 2.81 bits per heavy atom. The average Bonchev–Trinajstić information content (AvgIpc) is 2.86. The van der Waals surface area contributed by atoms with Gasteiger partial charge < -0.3 is 9.73 Å². The lowest BCUT2D eigenvalue weighted by Gasteiger charge is -2.05. The summed E-state index contributed by atoms with van der Waals surface area (Å²) < 4.78 is 5.69. The topological polar surface area (TPSA) is 81.2 Å². The van der Waals surface area contributed by atoms with E-state index in [1.54, 1.807) is 25.3 Å². The minimum Gasteiger partial charge on any atom is -0.441 e. The van der Waals surface area contributed by atoms with Crippen LogP contribution in [0.2, 0.25) is 0 Å². The maximum atomic E-state index is 10.8. The molecule has 0 radical (unpaired) electrons. The first kappa shape index (κ1) is 15.2. The van der Waals surface area contributed by atoms with Gasteiger partial charge in [0, 0.05) is 36.2 Å². The number of aromatic nitrogens is 1. The summed E-state index contributed by atoms with van der Waals surface area (Å²) in [6.45, 7) is 6.68. The first-order chi connectivity index (χ1) is 9.97. The number of hydrogen-bond acceptors (Lipinski definition) is 5. The van der Waals surface area contributed by atoms with Gasteiger partial charge in [-0.3, -0.25) is 10.1 Å². The van der Waals surface area contributed by atoms with Crippen LogP contribution in [0.1, 0.15) is 25.3 Å². The number of hydrogen-bond donors (Lipinski definition) is 1. The van der Waals surface area contributed by atoms with Gasteiger partial charge in [-0.2, -0.15) is 0 Å². The normalized spacial score (nSPS) is 11.0. The van der Waals surface area contributed by atoms with Crippen LogP contribution in [-0.4, -0.2) is 22.5 Å². The lowest BCUT2D eigenvalue weighted by atomic mass is 10.1. The van der Waals surface area contributed by atoms with E-state index in [9.17, 15) is 10.1 Å². The van der Waals surface area contributed by atoms with Crippen LogP contribution in [0.5, 0.6) is 0 Å². The molecule has 1 N–H and O–H groups in total. The highest BCUT2D eigenvalue weighted by atomic mass is 16.6. The summed E-state index contributed by atoms with van der Waals surface area (Å²) in [6, 6.07) is 5.35. The fourth-order valence-corrected chi connectivity index (χ4v) is 2.04. The molecule has 6 nitrogen and oxygen atoms in total. The highest BCUT2D eigenvalue weighted by Gasteiger charge is 2.13. The van der Waals surface area contributed by atoms with Crippen LogP contribution in [0.15, 0.2) is 28.8 Å². The van der Waals surface area contributed by atoms with E-state index < -0.39 is 0 Å². The van der Waals surface area contributed by atoms with E-state index in [1.165, 1.54) is 6.07 Å². The second kappa shape index (κ2) is 6.49. The Morgan fingerprint density at radius 1 is 1.43 bits per heavy atom. The molecule has 21 heavy (non-hydrogen) atoms. The molecule has 0 unspecified atom stereocenters. The third-order valence-corrected chi connectivity index (χ3v) is 3.12. The Morgan fingerprint density at radius 2 is 2.19 bits per heavy atom. The highest BCUT2D eigenvalue weighted by molar-refractivity contribution is 5.61. The van der Waals surface area contributed by atoms with Gasteiger partial charge in [0.15, 0.2) is 11.7 Å². The summed E-state index contributed by atoms with van der Waals surface area (Å²) in [5, 5.41) is 14.1. The van der Waals surface area contributed by atoms with Crippen LogP contribution in [-0.2, 0) is 6.42 Å². The predicted molar refractivity (Wildman–Crippen MR) is 80.2 cm³/mol. The number of benzene rings is 1. The number of nitrogens with one attached hydrogen (secondary N) is 1. The molecule has 0 saturated heterocycles. The summed E-state index contributed by atoms with van der Waals surface area (Å²) in [6.07, 6.45) is 2.37. The van der Waals surface area contributed by atoms with Gasteiger partial charge in [0.1, 0.15) is 0 Å². The van der Waals surface area contributed by atoms with Crippen LogP contribution in [0, 0.1) is 17.0 Å². The molecule has 2 aromatic rings. The number of aryl methyl sites for hydroxylation is 1. The van der Waals surface area contributed by atoms with Gasteiger partial charge in [0.2, 0.25) is 0 Å². The van der Waals surface area contributed by atoms with Crippen molar-refractivity contribution < 1.29 is 9.34 Å². The van der Waals surface area contributed by atoms with Gasteiger partial charge in [-0.1, -0.05) is 13.8 Å². The number of nitrogens with zero attached hydrogens (tertiary/aromatic N) is 2. The van der Waals surface area contributed by atoms with Crippen LogP contribution in [0.3, 0.4) is 0 Å². The maximum absolute atomic E-state index is 10.8. The molecular formula is C15H19N3O3. The molecule has 6 heteroatoms. The Bertz CT molecular complexity index is 635. The van der Waals surface area contributed by atoms with E-state index in [2.05, 4.69) is 24.1 Å². The summed E-state index contributed by atoms with van der Waals surface area (Å²) in [5.41, 5.74) is 1.52. The largest absolute Gasteiger partial charge is 0.441 e. The van der Waals surface area contributed by atoms with Gasteiger partial charge >= 0.3 is 0 Å². The molecule has 0 bridgehead atoms. The Balaban J connectivity index is 2.10. The van der Waals surface area contributed by atoms with E-state index in [-0.39, 0.29) is 10.6 Å². The molecule has 1 aromatic heterocycles. The molecule has 0 aliphatic heterocycles. The fourth-order valence-electron chi connectivity index (χ4n) is 2.04. The molecule has 0 spiro atoms. The quantitative estimate of drug-likeness (QED) is 0.652. The van der Waals surface area contributed by atoms with Crippen LogP contribution < -0.4 is 5.32 Å². The zero-order chi connectivity index (χ0) is 15.4. The molecule has 0 aliphatic carbocycles. The second-order valence-electron chi connectivity index (χ2n) is 5.24. The molecular weight excluding hydrogens is 270 g/mol. The summed E-state index contributed by atoms with van der Waals surface area (Å²) in [4.78, 5) is 14.7. The lowest BCUT2D eigenvalue weighted by Crippen LogP contribution is -2.24. The van der Waals surface area contributed by atoms with Crippen molar-refractivity contribution in [1.29, 1.82) is 0 Å². The summed E-state index contributed by atoms with van der Waals surface area (Å²) >= 11 is 0. The van der Waals surface area contributed by atoms with Crippen LogP contribution in [0.4, 0.5) is 5.69 Å². The fraction of sp³-hybridized carbons (Fsp3) is 0.400. The third-order valence-electron chi connectivity index (χ3n) is 3.12. The molecule has 0 aliphatic rings. The summed E-state index contributed by atoms with van der Waals surface area (Å²) in [5.74, 6) is 1.29. The molecule has 0 fully saturated rings. The Kier molecular flexibility index (Phi) is 4.70. The summed E-state index contributed by atoms with van der Waals surface area (Å²) in [7, 11) is 0. The minimum atomic E-state index is -0.386. The van der Waals surface area contributed by atoms with Crippen molar-refractivity contribution >= 4 is 5.69 Å². The molecule has 0 saturated carbocycles. The molecule has 1 aromatic carbocycles. The van der Waals surface area contributed by atoms with Crippen molar-refractivity contribution in [3.05, 3.63) is 46.0 Å². The number of rotatable bonds is 6. The van der Waals surface area contributed by atoms with Gasteiger partial charge in [-0.05, 0) is 19.1 Å². The third kappa shape index (κ3) is 3.88. The zero-order valence-corrected chi connectivity index (χ0v) is 12.4. The average molecular weight is 289 g/mol. The van der Waals surface area contributed by atoms with Crippen molar-refractivity contribution in [3.63, 3.8) is 0 Å². The van der Waals surface area contributed by atoms with Crippen molar-refractivity contribution in [2.75, 3.05) is 6.54 Å². The van der Waals surface area contributed by atoms with Crippen LogP contribution in [0.25, 0.3) is 11.3 Å². The Hall–Kier alpha value is -2.21. The van der Waals surface area contributed by atoms with Crippen molar-refractivity contribution in [1.82, 2.24) is 10.3 Å². The van der Waals surface area contributed by atoms with Crippen molar-refractivity contribution in [2.24, 2.45) is 0 Å². The van der Waals surface area contributed by atoms with E-state index in [0.29, 0.717) is 29.7 Å². The monoisotopic (exact) mass is 289 g/mol. The first-order valence-electron chi connectivity index (χ1n) is 6.91. The maximum Gasteiger partial charge on any atom is 0.272 e. The van der Waals surface area contributed by atoms with E-state index >= 15 is 0 Å². The number of oxazole rings is 1. The molecule has 0 atom stereocenters. The molecule has 1 heterocycles. The van der Waals surface area contributed by atoms with E-state index in [1.807, 2.05) is 0 Å². The van der Waals surface area contributed by atoms with Gasteiger partial charge in [-0.15, -0.1) is 0 Å². The van der Waals surface area contributed by atoms with E-state index in [0.717, 1.165) is 12.1 Å². The SMILES string of the molecule is Cc1cc(-c2cnc(CCNC(C)C)o2)ccc1[N+](=O)[O-]. The van der Waals surface area contributed by atoms with Gasteiger partial charge in [0.25, 0.3) is 5.69 Å². The van der Waals surface area contributed by atoms with Gasteiger partial charge in [0.05, 0.1) is 11.1 Å².